The number of anilines is 5. The summed E-state index contributed by atoms with van der Waals surface area (Å²) in [7, 11) is 2.20. The number of hydrogen-bond donors (Lipinski definition) is 0. The molecule has 0 radical (unpaired) electrons. The van der Waals surface area contributed by atoms with Gasteiger partial charge in [-0.2, -0.15) is 0 Å². The molecule has 0 aliphatic carbocycles. The summed E-state index contributed by atoms with van der Waals surface area (Å²) < 4.78 is 0. The molecule has 1 aliphatic rings. The van der Waals surface area contributed by atoms with Crippen molar-refractivity contribution in [3.8, 4) is 0 Å². The van der Waals surface area contributed by atoms with Crippen LogP contribution in [0.2, 0.25) is 0 Å². The van der Waals surface area contributed by atoms with Gasteiger partial charge in [0.1, 0.15) is 0 Å². The van der Waals surface area contributed by atoms with E-state index in [1.165, 1.54) is 44.6 Å². The maximum atomic E-state index is 2.39. The zero-order valence-electron chi connectivity index (χ0n) is 19.9. The van der Waals surface area contributed by atoms with Crippen molar-refractivity contribution in [1.82, 2.24) is 0 Å². The molecule has 1 aliphatic heterocycles. The molecule has 0 N–H and O–H groups in total. The molecule has 5 aromatic rings. The fraction of sp³-hybridized carbons (Fsp3) is 0.125. The van der Waals surface area contributed by atoms with E-state index in [0.29, 0.717) is 0 Å². The second-order valence-corrected chi connectivity index (χ2v) is 9.61. The highest BCUT2D eigenvalue weighted by atomic mass is 15.2. The minimum Gasteiger partial charge on any atom is -0.343 e. The van der Waals surface area contributed by atoms with Crippen LogP contribution in [0, 0.1) is 0 Å². The minimum atomic E-state index is -0.155. The number of benzene rings is 5. The summed E-state index contributed by atoms with van der Waals surface area (Å²) >= 11 is 0. The molecule has 2 heteroatoms. The third-order valence-corrected chi connectivity index (χ3v) is 7.22. The maximum absolute atomic E-state index is 2.39. The van der Waals surface area contributed by atoms with Crippen molar-refractivity contribution >= 4 is 39.2 Å². The van der Waals surface area contributed by atoms with Gasteiger partial charge in [-0.05, 0) is 64.4 Å². The number of fused-ring (bicyclic) bond motifs is 5. The van der Waals surface area contributed by atoms with Crippen molar-refractivity contribution in [2.45, 2.75) is 19.3 Å². The van der Waals surface area contributed by atoms with Gasteiger partial charge < -0.3 is 9.80 Å². The Hall–Kier alpha value is -4.04. The van der Waals surface area contributed by atoms with Crippen LogP contribution in [0.1, 0.15) is 25.0 Å². The average Bonchev–Trinajstić information content (AvgIpc) is 2.88. The SMILES string of the molecule is CN1c2cc3ccccc3cc2N(c2ccccc2)c2cccc(c2)C(C)(C)c2ccccc21. The van der Waals surface area contributed by atoms with Gasteiger partial charge in [0.2, 0.25) is 0 Å². The van der Waals surface area contributed by atoms with Crippen LogP contribution in [-0.2, 0) is 5.41 Å². The van der Waals surface area contributed by atoms with Crippen LogP contribution in [0.25, 0.3) is 10.8 Å². The first kappa shape index (κ1) is 20.6. The van der Waals surface area contributed by atoms with Gasteiger partial charge in [0.25, 0.3) is 0 Å². The molecule has 34 heavy (non-hydrogen) atoms. The van der Waals surface area contributed by atoms with Crippen LogP contribution in [-0.4, -0.2) is 7.05 Å². The van der Waals surface area contributed by atoms with Crippen LogP contribution < -0.4 is 9.80 Å². The molecule has 166 valence electrons. The van der Waals surface area contributed by atoms with E-state index in [1.54, 1.807) is 0 Å². The zero-order valence-corrected chi connectivity index (χ0v) is 19.9. The quantitative estimate of drug-likeness (QED) is 0.257. The standard InChI is InChI=1S/C32H28N2/c1-32(2)25-14-11-17-27(22-25)34(26-15-5-4-6-16-26)31-21-24-13-8-7-12-23(24)20-30(31)33(3)29-19-10-9-18-28(29)32/h4-22H,1-3H3. The molecule has 0 unspecified atom stereocenters. The number of nitrogens with zero attached hydrogens (tertiary/aromatic N) is 2. The fourth-order valence-corrected chi connectivity index (χ4v) is 5.28. The Kier molecular flexibility index (Phi) is 4.70. The van der Waals surface area contributed by atoms with E-state index in [0.717, 1.165) is 5.69 Å². The summed E-state index contributed by atoms with van der Waals surface area (Å²) in [5, 5.41) is 2.47. The molecule has 0 amide bonds. The van der Waals surface area contributed by atoms with Gasteiger partial charge in [-0.3, -0.25) is 0 Å². The third-order valence-electron chi connectivity index (χ3n) is 7.22. The van der Waals surface area contributed by atoms with Gasteiger partial charge in [-0.15, -0.1) is 0 Å². The molecule has 0 saturated carbocycles. The van der Waals surface area contributed by atoms with Gasteiger partial charge >= 0.3 is 0 Å². The van der Waals surface area contributed by atoms with Gasteiger partial charge in [0, 0.05) is 29.5 Å². The summed E-state index contributed by atoms with van der Waals surface area (Å²) in [4.78, 5) is 4.76. The smallest absolute Gasteiger partial charge is 0.0705 e. The van der Waals surface area contributed by atoms with E-state index in [1.807, 2.05) is 0 Å². The first-order valence-corrected chi connectivity index (χ1v) is 11.9. The first-order chi connectivity index (χ1) is 16.5. The van der Waals surface area contributed by atoms with Crippen LogP contribution >= 0.6 is 0 Å². The molecule has 1 heterocycles. The van der Waals surface area contributed by atoms with Crippen molar-refractivity contribution in [2.24, 2.45) is 0 Å². The maximum Gasteiger partial charge on any atom is 0.0705 e. The Labute approximate surface area is 201 Å². The summed E-state index contributed by atoms with van der Waals surface area (Å²) in [5.41, 5.74) is 8.36. The number of para-hydroxylation sites is 2. The molecule has 0 atom stereocenters. The summed E-state index contributed by atoms with van der Waals surface area (Å²) in [6, 6.07) is 41.8. The number of rotatable bonds is 1. The highest BCUT2D eigenvalue weighted by Crippen LogP contribution is 2.48. The minimum absolute atomic E-state index is 0.155. The van der Waals surface area contributed by atoms with Gasteiger partial charge in [-0.25, -0.2) is 0 Å². The molecule has 0 saturated heterocycles. The summed E-state index contributed by atoms with van der Waals surface area (Å²) in [6.45, 7) is 4.66. The molecule has 6 rings (SSSR count). The van der Waals surface area contributed by atoms with Gasteiger partial charge in [-0.1, -0.05) is 86.6 Å². The molecule has 0 spiro atoms. The summed E-state index contributed by atoms with van der Waals surface area (Å²) in [6.07, 6.45) is 0. The lowest BCUT2D eigenvalue weighted by Gasteiger charge is -2.37. The lowest BCUT2D eigenvalue weighted by Crippen LogP contribution is -2.26. The van der Waals surface area contributed by atoms with E-state index >= 15 is 0 Å². The van der Waals surface area contributed by atoms with Crippen molar-refractivity contribution < 1.29 is 0 Å². The third kappa shape index (κ3) is 3.18. The van der Waals surface area contributed by atoms with Crippen molar-refractivity contribution in [3.05, 3.63) is 126 Å². The van der Waals surface area contributed by atoms with Crippen LogP contribution in [0.15, 0.2) is 115 Å². The molecule has 2 nitrogen and oxygen atoms in total. The van der Waals surface area contributed by atoms with Gasteiger partial charge in [0.15, 0.2) is 0 Å². The zero-order chi connectivity index (χ0) is 23.3. The van der Waals surface area contributed by atoms with E-state index in [9.17, 15) is 0 Å². The molecule has 2 bridgehead atoms. The Bertz CT molecular complexity index is 1500. The fourth-order valence-electron chi connectivity index (χ4n) is 5.28. The number of hydrogen-bond acceptors (Lipinski definition) is 2. The molecule has 0 aromatic heterocycles. The predicted molar refractivity (Wildman–Crippen MR) is 145 cm³/mol. The molecule has 0 fully saturated rings. The van der Waals surface area contributed by atoms with E-state index in [-0.39, 0.29) is 5.41 Å². The van der Waals surface area contributed by atoms with Crippen LogP contribution in [0.3, 0.4) is 0 Å². The molecular weight excluding hydrogens is 412 g/mol. The topological polar surface area (TPSA) is 6.48 Å². The normalized spacial score (nSPS) is 14.4. The lowest BCUT2D eigenvalue weighted by molar-refractivity contribution is 0.640. The van der Waals surface area contributed by atoms with Crippen LogP contribution in [0.4, 0.5) is 28.4 Å². The Morgan fingerprint density at radius 1 is 0.529 bits per heavy atom. The largest absolute Gasteiger partial charge is 0.343 e. The Morgan fingerprint density at radius 2 is 1.15 bits per heavy atom. The summed E-state index contributed by atoms with van der Waals surface area (Å²) in [5.74, 6) is 0. The monoisotopic (exact) mass is 440 g/mol. The molecule has 5 aromatic carbocycles. The highest BCUT2D eigenvalue weighted by Gasteiger charge is 2.30. The predicted octanol–water partition coefficient (Wildman–Crippen LogP) is 8.72. The molecular formula is C32H28N2. The van der Waals surface area contributed by atoms with Gasteiger partial charge in [0.05, 0.1) is 11.4 Å². The first-order valence-electron chi connectivity index (χ1n) is 11.9. The van der Waals surface area contributed by atoms with E-state index in [4.69, 9.17) is 0 Å². The lowest BCUT2D eigenvalue weighted by atomic mass is 9.76. The van der Waals surface area contributed by atoms with Crippen molar-refractivity contribution in [1.29, 1.82) is 0 Å². The average molecular weight is 441 g/mol. The second-order valence-electron chi connectivity index (χ2n) is 9.61. The van der Waals surface area contributed by atoms with Crippen molar-refractivity contribution in [2.75, 3.05) is 16.8 Å². The highest BCUT2D eigenvalue weighted by molar-refractivity contribution is 5.98. The van der Waals surface area contributed by atoms with E-state index in [2.05, 4.69) is 146 Å². The Morgan fingerprint density at radius 3 is 1.91 bits per heavy atom. The van der Waals surface area contributed by atoms with Crippen LogP contribution in [0.5, 0.6) is 0 Å². The Balaban J connectivity index is 1.76. The van der Waals surface area contributed by atoms with E-state index < -0.39 is 0 Å². The van der Waals surface area contributed by atoms with Crippen molar-refractivity contribution in [3.63, 3.8) is 0 Å². The second kappa shape index (κ2) is 7.78.